The minimum atomic E-state index is -0.355. The van der Waals surface area contributed by atoms with Crippen molar-refractivity contribution in [2.75, 3.05) is 6.61 Å². The fourth-order valence-corrected chi connectivity index (χ4v) is 1.06. The van der Waals surface area contributed by atoms with E-state index in [1.165, 1.54) is 6.92 Å². The molecular formula is C9H12N2O2. The van der Waals surface area contributed by atoms with Crippen LogP contribution in [0.2, 0.25) is 0 Å². The number of amides is 1. The van der Waals surface area contributed by atoms with Crippen LogP contribution in [0.1, 0.15) is 18.5 Å². The summed E-state index contributed by atoms with van der Waals surface area (Å²) in [6.45, 7) is 1.30. The summed E-state index contributed by atoms with van der Waals surface area (Å²) in [5.74, 6) is -0.164. The maximum absolute atomic E-state index is 10.7. The molecule has 1 unspecified atom stereocenters. The van der Waals surface area contributed by atoms with Crippen LogP contribution in [0.25, 0.3) is 0 Å². The molecule has 1 atom stereocenters. The number of aliphatic hydroxyl groups is 1. The van der Waals surface area contributed by atoms with Gasteiger partial charge in [0, 0.05) is 19.3 Å². The van der Waals surface area contributed by atoms with E-state index in [0.29, 0.717) is 0 Å². The number of nitrogens with one attached hydrogen (secondary N) is 1. The second kappa shape index (κ2) is 4.57. The molecule has 0 spiro atoms. The SMILES string of the molecule is CC(=O)NC(CO)c1cccnc1. The van der Waals surface area contributed by atoms with Crippen LogP contribution in [-0.4, -0.2) is 22.6 Å². The lowest BCUT2D eigenvalue weighted by molar-refractivity contribution is -0.120. The quantitative estimate of drug-likeness (QED) is 0.701. The van der Waals surface area contributed by atoms with Crippen LogP contribution in [-0.2, 0) is 4.79 Å². The smallest absolute Gasteiger partial charge is 0.217 e. The molecule has 70 valence electrons. The minimum absolute atomic E-state index is 0.120. The van der Waals surface area contributed by atoms with Gasteiger partial charge in [-0.1, -0.05) is 6.07 Å². The number of carbonyl (C=O) groups excluding carboxylic acids is 1. The maximum atomic E-state index is 10.7. The number of rotatable bonds is 3. The minimum Gasteiger partial charge on any atom is -0.394 e. The molecule has 1 amide bonds. The van der Waals surface area contributed by atoms with Gasteiger partial charge < -0.3 is 10.4 Å². The number of carbonyl (C=O) groups is 1. The Hall–Kier alpha value is -1.42. The second-order valence-electron chi connectivity index (χ2n) is 2.72. The van der Waals surface area contributed by atoms with Crippen molar-refractivity contribution in [3.63, 3.8) is 0 Å². The van der Waals surface area contributed by atoms with E-state index in [1.807, 2.05) is 6.07 Å². The van der Waals surface area contributed by atoms with Gasteiger partial charge in [-0.3, -0.25) is 9.78 Å². The molecule has 0 bridgehead atoms. The zero-order valence-corrected chi connectivity index (χ0v) is 7.40. The molecule has 0 aromatic carbocycles. The van der Waals surface area contributed by atoms with Crippen molar-refractivity contribution in [1.82, 2.24) is 10.3 Å². The van der Waals surface area contributed by atoms with Gasteiger partial charge in [0.1, 0.15) is 0 Å². The molecule has 1 rings (SSSR count). The number of hydrogen-bond donors (Lipinski definition) is 2. The molecule has 0 radical (unpaired) electrons. The van der Waals surface area contributed by atoms with Crippen LogP contribution in [0, 0.1) is 0 Å². The summed E-state index contributed by atoms with van der Waals surface area (Å²) in [5.41, 5.74) is 0.806. The molecule has 13 heavy (non-hydrogen) atoms. The van der Waals surface area contributed by atoms with Crippen molar-refractivity contribution in [3.8, 4) is 0 Å². The number of nitrogens with zero attached hydrogens (tertiary/aromatic N) is 1. The number of hydrogen-bond acceptors (Lipinski definition) is 3. The normalized spacial score (nSPS) is 12.2. The third-order valence-corrected chi connectivity index (χ3v) is 1.65. The van der Waals surface area contributed by atoms with Crippen molar-refractivity contribution in [2.45, 2.75) is 13.0 Å². The van der Waals surface area contributed by atoms with Gasteiger partial charge in [0.2, 0.25) is 5.91 Å². The molecule has 0 aliphatic carbocycles. The lowest BCUT2D eigenvalue weighted by atomic mass is 10.1. The van der Waals surface area contributed by atoms with E-state index in [2.05, 4.69) is 10.3 Å². The highest BCUT2D eigenvalue weighted by molar-refractivity contribution is 5.73. The van der Waals surface area contributed by atoms with E-state index in [1.54, 1.807) is 18.5 Å². The third-order valence-electron chi connectivity index (χ3n) is 1.65. The number of pyridine rings is 1. The Morgan fingerprint density at radius 3 is 3.00 bits per heavy atom. The average Bonchev–Trinajstić information content (AvgIpc) is 2.15. The first-order chi connectivity index (χ1) is 6.24. The Labute approximate surface area is 76.6 Å². The molecular weight excluding hydrogens is 168 g/mol. The van der Waals surface area contributed by atoms with Crippen LogP contribution in [0.5, 0.6) is 0 Å². The topological polar surface area (TPSA) is 62.2 Å². The summed E-state index contributed by atoms with van der Waals surface area (Å²) in [6, 6.07) is 3.22. The van der Waals surface area contributed by atoms with Gasteiger partial charge in [0.25, 0.3) is 0 Å². The zero-order chi connectivity index (χ0) is 9.68. The highest BCUT2D eigenvalue weighted by Crippen LogP contribution is 2.09. The van der Waals surface area contributed by atoms with E-state index in [9.17, 15) is 4.79 Å². The van der Waals surface area contributed by atoms with Crippen LogP contribution in [0.3, 0.4) is 0 Å². The fraction of sp³-hybridized carbons (Fsp3) is 0.333. The highest BCUT2D eigenvalue weighted by atomic mass is 16.3. The Balaban J connectivity index is 2.73. The lowest BCUT2D eigenvalue weighted by Gasteiger charge is -2.14. The molecule has 0 fully saturated rings. The van der Waals surface area contributed by atoms with Gasteiger partial charge in [-0.2, -0.15) is 0 Å². The van der Waals surface area contributed by atoms with Gasteiger partial charge in [-0.05, 0) is 11.6 Å². The number of aliphatic hydroxyl groups excluding tert-OH is 1. The van der Waals surface area contributed by atoms with Crippen molar-refractivity contribution >= 4 is 5.91 Å². The first-order valence-corrected chi connectivity index (χ1v) is 4.02. The zero-order valence-electron chi connectivity index (χ0n) is 7.40. The van der Waals surface area contributed by atoms with Gasteiger partial charge in [-0.25, -0.2) is 0 Å². The molecule has 4 nitrogen and oxygen atoms in total. The van der Waals surface area contributed by atoms with Gasteiger partial charge >= 0.3 is 0 Å². The summed E-state index contributed by atoms with van der Waals surface area (Å²) in [4.78, 5) is 14.6. The fourth-order valence-electron chi connectivity index (χ4n) is 1.06. The predicted molar refractivity (Wildman–Crippen MR) is 47.9 cm³/mol. The summed E-state index contributed by atoms with van der Waals surface area (Å²) >= 11 is 0. The van der Waals surface area contributed by atoms with E-state index in [4.69, 9.17) is 5.11 Å². The summed E-state index contributed by atoms with van der Waals surface area (Å²) in [5, 5.41) is 11.6. The standard InChI is InChI=1S/C9H12N2O2/c1-7(13)11-9(6-12)8-3-2-4-10-5-8/h2-5,9,12H,6H2,1H3,(H,11,13). The summed E-state index contributed by atoms with van der Waals surface area (Å²) < 4.78 is 0. The van der Waals surface area contributed by atoms with E-state index < -0.39 is 0 Å². The molecule has 0 aliphatic rings. The van der Waals surface area contributed by atoms with Gasteiger partial charge in [-0.15, -0.1) is 0 Å². The largest absolute Gasteiger partial charge is 0.394 e. The molecule has 1 aromatic rings. The molecule has 1 heterocycles. The summed E-state index contributed by atoms with van der Waals surface area (Å²) in [7, 11) is 0. The first-order valence-electron chi connectivity index (χ1n) is 4.02. The van der Waals surface area contributed by atoms with Gasteiger partial charge in [0.15, 0.2) is 0 Å². The van der Waals surface area contributed by atoms with Crippen molar-refractivity contribution in [2.24, 2.45) is 0 Å². The van der Waals surface area contributed by atoms with Crippen LogP contribution < -0.4 is 5.32 Å². The van der Waals surface area contributed by atoms with E-state index in [-0.39, 0.29) is 18.6 Å². The van der Waals surface area contributed by atoms with Crippen LogP contribution in [0.15, 0.2) is 24.5 Å². The van der Waals surface area contributed by atoms with E-state index in [0.717, 1.165) is 5.56 Å². The molecule has 2 N–H and O–H groups in total. The monoisotopic (exact) mass is 180 g/mol. The molecule has 1 aromatic heterocycles. The predicted octanol–water partition coefficient (Wildman–Crippen LogP) is 0.251. The second-order valence-corrected chi connectivity index (χ2v) is 2.72. The lowest BCUT2D eigenvalue weighted by Crippen LogP contribution is -2.28. The van der Waals surface area contributed by atoms with Crippen molar-refractivity contribution in [3.05, 3.63) is 30.1 Å². The Kier molecular flexibility index (Phi) is 3.40. The summed E-state index contributed by atoms with van der Waals surface area (Å²) in [6.07, 6.45) is 3.27. The molecule has 4 heteroatoms. The first kappa shape index (κ1) is 9.67. The average molecular weight is 180 g/mol. The third kappa shape index (κ3) is 2.83. The maximum Gasteiger partial charge on any atom is 0.217 e. The van der Waals surface area contributed by atoms with Crippen molar-refractivity contribution in [1.29, 1.82) is 0 Å². The molecule has 0 saturated carbocycles. The van der Waals surface area contributed by atoms with Crippen LogP contribution >= 0.6 is 0 Å². The van der Waals surface area contributed by atoms with Crippen molar-refractivity contribution < 1.29 is 9.90 Å². The Bertz CT molecular complexity index is 274. The Morgan fingerprint density at radius 2 is 2.54 bits per heavy atom. The van der Waals surface area contributed by atoms with Gasteiger partial charge in [0.05, 0.1) is 12.6 Å². The van der Waals surface area contributed by atoms with Crippen LogP contribution in [0.4, 0.5) is 0 Å². The molecule has 0 aliphatic heterocycles. The van der Waals surface area contributed by atoms with E-state index >= 15 is 0 Å². The number of aromatic nitrogens is 1. The highest BCUT2D eigenvalue weighted by Gasteiger charge is 2.10. The molecule has 0 saturated heterocycles. The Morgan fingerprint density at radius 1 is 1.77 bits per heavy atom.